The molecule has 1 aliphatic carbocycles. The van der Waals surface area contributed by atoms with E-state index in [2.05, 4.69) is 42.2 Å². The predicted octanol–water partition coefficient (Wildman–Crippen LogP) is 5.30. The van der Waals surface area contributed by atoms with Crippen LogP contribution in [0, 0.1) is 0 Å². The standard InChI is InChI=1S/C24H25N3O/c1-2-3-7-14-27-21-16-20-19(15-18(21)24(12-13-24)23(27)28)25-22(26-20)11-10-17-8-5-4-6-9-17/h4-6,8-11,15-16H,2-3,7,12-14H2,1H3,(H,25,26). The van der Waals surface area contributed by atoms with Crippen molar-refractivity contribution in [1.82, 2.24) is 9.97 Å². The highest BCUT2D eigenvalue weighted by atomic mass is 16.2. The first-order valence-corrected chi connectivity index (χ1v) is 10.3. The van der Waals surface area contributed by atoms with E-state index in [0.29, 0.717) is 5.91 Å². The van der Waals surface area contributed by atoms with Gasteiger partial charge in [0.15, 0.2) is 0 Å². The van der Waals surface area contributed by atoms with Gasteiger partial charge in [0.2, 0.25) is 5.91 Å². The highest BCUT2D eigenvalue weighted by Crippen LogP contribution is 2.57. The lowest BCUT2D eigenvalue weighted by Crippen LogP contribution is -2.32. The number of rotatable bonds is 6. The number of carbonyl (C=O) groups is 1. The first-order chi connectivity index (χ1) is 13.7. The van der Waals surface area contributed by atoms with E-state index in [1.807, 2.05) is 29.2 Å². The molecule has 4 heteroatoms. The maximum Gasteiger partial charge on any atom is 0.237 e. The second-order valence-electron chi connectivity index (χ2n) is 8.00. The number of nitrogens with zero attached hydrogens (tertiary/aromatic N) is 2. The average molecular weight is 371 g/mol. The van der Waals surface area contributed by atoms with Crippen molar-refractivity contribution in [2.24, 2.45) is 0 Å². The molecule has 2 heterocycles. The van der Waals surface area contributed by atoms with Crippen molar-refractivity contribution in [3.05, 3.63) is 59.4 Å². The van der Waals surface area contributed by atoms with Gasteiger partial charge in [-0.05, 0) is 48.6 Å². The third-order valence-corrected chi connectivity index (χ3v) is 6.05. The van der Waals surface area contributed by atoms with Crippen molar-refractivity contribution >= 4 is 34.8 Å². The van der Waals surface area contributed by atoms with Crippen LogP contribution in [0.4, 0.5) is 5.69 Å². The van der Waals surface area contributed by atoms with E-state index >= 15 is 0 Å². The molecule has 5 rings (SSSR count). The van der Waals surface area contributed by atoms with Crippen LogP contribution in [0.1, 0.15) is 56.0 Å². The summed E-state index contributed by atoms with van der Waals surface area (Å²) in [6, 6.07) is 14.5. The fourth-order valence-electron chi connectivity index (χ4n) is 4.32. The van der Waals surface area contributed by atoms with E-state index in [4.69, 9.17) is 4.98 Å². The molecule has 1 amide bonds. The fraction of sp³-hybridized carbons (Fsp3) is 0.333. The Kier molecular flexibility index (Phi) is 4.08. The summed E-state index contributed by atoms with van der Waals surface area (Å²) in [4.78, 5) is 23.2. The minimum absolute atomic E-state index is 0.249. The first-order valence-electron chi connectivity index (χ1n) is 10.3. The molecule has 0 atom stereocenters. The quantitative estimate of drug-likeness (QED) is 0.598. The predicted molar refractivity (Wildman–Crippen MR) is 114 cm³/mol. The summed E-state index contributed by atoms with van der Waals surface area (Å²) in [5.41, 5.74) is 5.12. The summed E-state index contributed by atoms with van der Waals surface area (Å²) in [6.07, 6.45) is 9.40. The van der Waals surface area contributed by atoms with E-state index in [1.54, 1.807) is 0 Å². The number of H-pyrrole nitrogens is 1. The summed E-state index contributed by atoms with van der Waals surface area (Å²) in [7, 11) is 0. The third-order valence-electron chi connectivity index (χ3n) is 6.05. The maximum atomic E-state index is 13.1. The van der Waals surface area contributed by atoms with Crippen molar-refractivity contribution in [2.75, 3.05) is 11.4 Å². The van der Waals surface area contributed by atoms with E-state index in [9.17, 15) is 4.79 Å². The van der Waals surface area contributed by atoms with Gasteiger partial charge in [-0.15, -0.1) is 0 Å². The van der Waals surface area contributed by atoms with E-state index in [0.717, 1.165) is 66.8 Å². The summed E-state index contributed by atoms with van der Waals surface area (Å²) in [6.45, 7) is 3.01. The lowest BCUT2D eigenvalue weighted by Gasteiger charge is -2.17. The number of hydrogen-bond acceptors (Lipinski definition) is 2. The Morgan fingerprint density at radius 1 is 1.14 bits per heavy atom. The Balaban J connectivity index is 1.49. The van der Waals surface area contributed by atoms with Gasteiger partial charge in [-0.2, -0.15) is 0 Å². The molecule has 28 heavy (non-hydrogen) atoms. The largest absolute Gasteiger partial charge is 0.338 e. The number of fused-ring (bicyclic) bond motifs is 3. The first kappa shape index (κ1) is 17.2. The number of imidazole rings is 1. The minimum Gasteiger partial charge on any atom is -0.338 e. The number of hydrogen-bond donors (Lipinski definition) is 1. The summed E-state index contributed by atoms with van der Waals surface area (Å²) in [5, 5.41) is 0. The monoisotopic (exact) mass is 371 g/mol. The molecule has 0 unspecified atom stereocenters. The zero-order chi connectivity index (χ0) is 19.1. The Morgan fingerprint density at radius 2 is 1.96 bits per heavy atom. The second-order valence-corrected chi connectivity index (χ2v) is 8.00. The fourth-order valence-corrected chi connectivity index (χ4v) is 4.32. The average Bonchev–Trinajstić information content (AvgIpc) is 3.38. The number of amides is 1. The zero-order valence-electron chi connectivity index (χ0n) is 16.2. The third kappa shape index (κ3) is 2.75. The number of benzene rings is 2. The van der Waals surface area contributed by atoms with Gasteiger partial charge >= 0.3 is 0 Å². The lowest BCUT2D eigenvalue weighted by molar-refractivity contribution is -0.120. The number of aromatic nitrogens is 2. The van der Waals surface area contributed by atoms with Crippen LogP contribution in [-0.4, -0.2) is 22.4 Å². The Bertz CT molecular complexity index is 1060. The topological polar surface area (TPSA) is 49.0 Å². The molecule has 1 aliphatic heterocycles. The van der Waals surface area contributed by atoms with Crippen LogP contribution in [0.5, 0.6) is 0 Å². The van der Waals surface area contributed by atoms with Crippen molar-refractivity contribution in [2.45, 2.75) is 44.4 Å². The van der Waals surface area contributed by atoms with Crippen LogP contribution in [0.25, 0.3) is 23.2 Å². The van der Waals surface area contributed by atoms with E-state index in [1.165, 1.54) is 5.56 Å². The van der Waals surface area contributed by atoms with Crippen molar-refractivity contribution in [3.8, 4) is 0 Å². The second kappa shape index (κ2) is 6.62. The molecule has 0 bridgehead atoms. The van der Waals surface area contributed by atoms with E-state index in [-0.39, 0.29) is 5.41 Å². The molecular weight excluding hydrogens is 346 g/mol. The highest BCUT2D eigenvalue weighted by molar-refractivity contribution is 6.11. The zero-order valence-corrected chi connectivity index (χ0v) is 16.2. The SMILES string of the molecule is CCCCCN1C(=O)C2(CC2)c2cc3[nH]c(C=Cc4ccccc4)nc3cc21. The van der Waals surface area contributed by atoms with Crippen LogP contribution in [0.3, 0.4) is 0 Å². The summed E-state index contributed by atoms with van der Waals surface area (Å²) in [5.74, 6) is 1.15. The Hall–Kier alpha value is -2.88. The lowest BCUT2D eigenvalue weighted by atomic mass is 9.97. The van der Waals surface area contributed by atoms with Gasteiger partial charge in [0.25, 0.3) is 0 Å². The van der Waals surface area contributed by atoms with Gasteiger partial charge in [-0.25, -0.2) is 4.98 Å². The van der Waals surface area contributed by atoms with Crippen LogP contribution in [0.15, 0.2) is 42.5 Å². The molecule has 2 aromatic carbocycles. The molecule has 1 saturated carbocycles. The molecule has 3 aromatic rings. The molecule has 0 saturated heterocycles. The Morgan fingerprint density at radius 3 is 2.71 bits per heavy atom. The molecule has 142 valence electrons. The molecule has 1 spiro atoms. The van der Waals surface area contributed by atoms with Crippen molar-refractivity contribution in [3.63, 3.8) is 0 Å². The molecule has 1 N–H and O–H groups in total. The van der Waals surface area contributed by atoms with Crippen LogP contribution in [0.2, 0.25) is 0 Å². The molecule has 2 aliphatic rings. The van der Waals surface area contributed by atoms with Crippen LogP contribution in [-0.2, 0) is 10.2 Å². The number of carbonyl (C=O) groups excluding carboxylic acids is 1. The number of aromatic amines is 1. The molecule has 0 radical (unpaired) electrons. The van der Waals surface area contributed by atoms with Gasteiger partial charge in [0.05, 0.1) is 22.1 Å². The van der Waals surface area contributed by atoms with Crippen LogP contribution < -0.4 is 4.90 Å². The maximum absolute atomic E-state index is 13.1. The Labute approximate surface area is 165 Å². The van der Waals surface area contributed by atoms with Gasteiger partial charge in [-0.3, -0.25) is 4.79 Å². The molecular formula is C24H25N3O. The highest BCUT2D eigenvalue weighted by Gasteiger charge is 2.59. The van der Waals surface area contributed by atoms with Gasteiger partial charge in [0, 0.05) is 6.54 Å². The minimum atomic E-state index is -0.249. The molecule has 4 nitrogen and oxygen atoms in total. The molecule has 1 aromatic heterocycles. The van der Waals surface area contributed by atoms with Crippen molar-refractivity contribution in [1.29, 1.82) is 0 Å². The summed E-state index contributed by atoms with van der Waals surface area (Å²) >= 11 is 0. The van der Waals surface area contributed by atoms with Crippen LogP contribution >= 0.6 is 0 Å². The van der Waals surface area contributed by atoms with Gasteiger partial charge in [-0.1, -0.05) is 56.2 Å². The number of unbranched alkanes of at least 4 members (excludes halogenated alkanes) is 2. The summed E-state index contributed by atoms with van der Waals surface area (Å²) < 4.78 is 0. The number of anilines is 1. The van der Waals surface area contributed by atoms with Gasteiger partial charge < -0.3 is 9.88 Å². The smallest absolute Gasteiger partial charge is 0.237 e. The number of nitrogens with one attached hydrogen (secondary N) is 1. The van der Waals surface area contributed by atoms with Gasteiger partial charge in [0.1, 0.15) is 5.82 Å². The van der Waals surface area contributed by atoms with Crippen molar-refractivity contribution < 1.29 is 4.79 Å². The normalized spacial score (nSPS) is 17.2. The molecule has 1 fully saturated rings. The van der Waals surface area contributed by atoms with E-state index < -0.39 is 0 Å².